The van der Waals surface area contributed by atoms with Gasteiger partial charge in [0.15, 0.2) is 0 Å². The molecule has 3 aliphatic rings. The summed E-state index contributed by atoms with van der Waals surface area (Å²) >= 11 is 0. The smallest absolute Gasteiger partial charge is 0.251 e. The van der Waals surface area contributed by atoms with Gasteiger partial charge < -0.3 is 26.0 Å². The Kier molecular flexibility index (Phi) is 7.41. The average molecular weight is 504 g/mol. The first-order valence-corrected chi connectivity index (χ1v) is 13.2. The molecule has 0 unspecified atom stereocenters. The molecule has 1 saturated carbocycles. The maximum Gasteiger partial charge on any atom is 0.251 e. The number of benzene rings is 1. The Balaban J connectivity index is 1.35. The Morgan fingerprint density at radius 1 is 1.22 bits per heavy atom. The third-order valence-corrected chi connectivity index (χ3v) is 7.59. The number of hydrogen-bond donors (Lipinski definition) is 3. The van der Waals surface area contributed by atoms with E-state index in [1.54, 1.807) is 19.2 Å². The van der Waals surface area contributed by atoms with Crippen LogP contribution in [0.2, 0.25) is 0 Å². The molecule has 2 aromatic rings. The minimum absolute atomic E-state index is 0.0864. The first-order chi connectivity index (χ1) is 17.9. The standard InChI is InChI=1S/C28H37N7O2/c1-30-23(14-17-4-5-17)25-21(29)8-6-19-16-31-28(34-26(19)25)33-22-9-7-18(15-24(22)37-3)27(36)32-20-10-12-35(2)13-11-20/h7,9,15-17,20H,4-6,8,10-14,29H2,1-3H3,(H,32,36)(H,31,33,34). The molecule has 0 radical (unpaired) electrons. The number of anilines is 2. The Morgan fingerprint density at radius 2 is 2.00 bits per heavy atom. The van der Waals surface area contributed by atoms with E-state index in [1.807, 2.05) is 19.3 Å². The third kappa shape index (κ3) is 5.77. The van der Waals surface area contributed by atoms with E-state index in [1.165, 1.54) is 12.8 Å². The fourth-order valence-corrected chi connectivity index (χ4v) is 5.11. The zero-order valence-corrected chi connectivity index (χ0v) is 22.0. The number of ether oxygens (including phenoxy) is 1. The molecule has 2 heterocycles. The van der Waals surface area contributed by atoms with E-state index in [9.17, 15) is 4.79 Å². The second-order valence-electron chi connectivity index (χ2n) is 10.4. The molecule has 196 valence electrons. The van der Waals surface area contributed by atoms with Crippen LogP contribution in [-0.4, -0.2) is 66.8 Å². The molecule has 0 atom stereocenters. The predicted molar refractivity (Wildman–Crippen MR) is 146 cm³/mol. The van der Waals surface area contributed by atoms with E-state index in [-0.39, 0.29) is 11.9 Å². The minimum atomic E-state index is -0.0864. The fraction of sp³-hybridized carbons (Fsp3) is 0.500. The lowest BCUT2D eigenvalue weighted by atomic mass is 9.89. The number of nitrogens with one attached hydrogen (secondary N) is 2. The van der Waals surface area contributed by atoms with Gasteiger partial charge in [0.2, 0.25) is 5.95 Å². The fourth-order valence-electron chi connectivity index (χ4n) is 5.11. The van der Waals surface area contributed by atoms with Crippen molar-refractivity contribution >= 4 is 28.8 Å². The lowest BCUT2D eigenvalue weighted by Crippen LogP contribution is -2.43. The molecule has 1 amide bonds. The van der Waals surface area contributed by atoms with Gasteiger partial charge in [-0.2, -0.15) is 0 Å². The van der Waals surface area contributed by atoms with Gasteiger partial charge >= 0.3 is 0 Å². The number of nitrogens with two attached hydrogens (primary N) is 1. The van der Waals surface area contributed by atoms with E-state index >= 15 is 0 Å². The number of carbonyl (C=O) groups excluding carboxylic acids is 1. The van der Waals surface area contributed by atoms with Crippen LogP contribution >= 0.6 is 0 Å². The van der Waals surface area contributed by atoms with Crippen LogP contribution in [0.25, 0.3) is 5.57 Å². The van der Waals surface area contributed by atoms with Crippen molar-refractivity contribution < 1.29 is 9.53 Å². The van der Waals surface area contributed by atoms with Crippen LogP contribution in [0, 0.1) is 5.92 Å². The maximum atomic E-state index is 12.9. The summed E-state index contributed by atoms with van der Waals surface area (Å²) < 4.78 is 5.62. The van der Waals surface area contributed by atoms with Gasteiger partial charge in [-0.05, 0) is 94.8 Å². The lowest BCUT2D eigenvalue weighted by Gasteiger charge is -2.29. The van der Waals surface area contributed by atoms with Gasteiger partial charge in [-0.25, -0.2) is 9.97 Å². The molecular weight excluding hydrogens is 466 g/mol. The molecule has 9 heteroatoms. The van der Waals surface area contributed by atoms with Gasteiger partial charge in [0, 0.05) is 41.8 Å². The van der Waals surface area contributed by atoms with Gasteiger partial charge in [-0.15, -0.1) is 0 Å². The first kappa shape index (κ1) is 25.2. The van der Waals surface area contributed by atoms with Crippen molar-refractivity contribution in [3.8, 4) is 5.75 Å². The zero-order chi connectivity index (χ0) is 25.9. The van der Waals surface area contributed by atoms with Gasteiger partial charge in [0.25, 0.3) is 5.91 Å². The highest BCUT2D eigenvalue weighted by Gasteiger charge is 2.29. The number of fused-ring (bicyclic) bond motifs is 1. The quantitative estimate of drug-likeness (QED) is 0.472. The van der Waals surface area contributed by atoms with Crippen molar-refractivity contribution in [1.82, 2.24) is 20.2 Å². The monoisotopic (exact) mass is 503 g/mol. The zero-order valence-electron chi connectivity index (χ0n) is 22.0. The van der Waals surface area contributed by atoms with E-state index in [4.69, 9.17) is 15.5 Å². The highest BCUT2D eigenvalue weighted by Crippen LogP contribution is 2.38. The summed E-state index contributed by atoms with van der Waals surface area (Å²) in [5.41, 5.74) is 12.5. The number of allylic oxidation sites excluding steroid dienone is 2. The second-order valence-corrected chi connectivity index (χ2v) is 10.4. The van der Waals surface area contributed by atoms with Gasteiger partial charge in [0.05, 0.1) is 18.5 Å². The second kappa shape index (κ2) is 10.9. The molecule has 0 bridgehead atoms. The summed E-state index contributed by atoms with van der Waals surface area (Å²) in [7, 11) is 5.54. The highest BCUT2D eigenvalue weighted by atomic mass is 16.5. The summed E-state index contributed by atoms with van der Waals surface area (Å²) in [5, 5.41) is 6.44. The summed E-state index contributed by atoms with van der Waals surface area (Å²) in [6.07, 6.45) is 8.84. The van der Waals surface area contributed by atoms with Crippen LogP contribution in [0.4, 0.5) is 11.6 Å². The number of rotatable bonds is 8. The van der Waals surface area contributed by atoms with E-state index in [2.05, 4.69) is 32.6 Å². The molecular formula is C28H37N7O2. The van der Waals surface area contributed by atoms with Crippen molar-refractivity contribution in [2.45, 2.75) is 51.0 Å². The molecule has 9 nitrogen and oxygen atoms in total. The first-order valence-electron chi connectivity index (χ1n) is 13.2. The molecule has 1 aromatic carbocycles. The van der Waals surface area contributed by atoms with Crippen LogP contribution < -0.4 is 21.1 Å². The SMILES string of the molecule is CN=C(CC1CC1)C1=C(N)CCc2cnc(Nc3ccc(C(=O)NC4CCN(C)CC4)cc3OC)nc21. The Bertz CT molecular complexity index is 1230. The molecule has 1 aliphatic heterocycles. The number of carbonyl (C=O) groups is 1. The number of aliphatic imine (C=N–C) groups is 1. The van der Waals surface area contributed by atoms with Crippen molar-refractivity contribution in [3.63, 3.8) is 0 Å². The van der Waals surface area contributed by atoms with Crippen LogP contribution in [0.3, 0.4) is 0 Å². The lowest BCUT2D eigenvalue weighted by molar-refractivity contribution is 0.0916. The minimum Gasteiger partial charge on any atom is -0.495 e. The molecule has 2 fully saturated rings. The summed E-state index contributed by atoms with van der Waals surface area (Å²) in [6.45, 7) is 1.99. The van der Waals surface area contributed by atoms with Gasteiger partial charge in [0.1, 0.15) is 5.75 Å². The average Bonchev–Trinajstić information content (AvgIpc) is 3.73. The van der Waals surface area contributed by atoms with Crippen LogP contribution in [-0.2, 0) is 6.42 Å². The normalized spacial score (nSPS) is 18.9. The van der Waals surface area contributed by atoms with Gasteiger partial charge in [-0.1, -0.05) is 0 Å². The van der Waals surface area contributed by atoms with Crippen LogP contribution in [0.1, 0.15) is 60.1 Å². The Morgan fingerprint density at radius 3 is 2.70 bits per heavy atom. The van der Waals surface area contributed by atoms with E-state index in [0.29, 0.717) is 28.9 Å². The Labute approximate surface area is 218 Å². The number of hydrogen-bond acceptors (Lipinski definition) is 8. The van der Waals surface area contributed by atoms with Gasteiger partial charge in [-0.3, -0.25) is 9.79 Å². The van der Waals surface area contributed by atoms with E-state index < -0.39 is 0 Å². The number of likely N-dealkylation sites (tertiary alicyclic amines) is 1. The molecule has 4 N–H and O–H groups in total. The predicted octanol–water partition coefficient (Wildman–Crippen LogP) is 3.54. The molecule has 0 spiro atoms. The number of aryl methyl sites for hydroxylation is 1. The molecule has 1 saturated heterocycles. The van der Waals surface area contributed by atoms with Crippen LogP contribution in [0.15, 0.2) is 35.1 Å². The van der Waals surface area contributed by atoms with E-state index in [0.717, 1.165) is 73.4 Å². The summed E-state index contributed by atoms with van der Waals surface area (Å²) in [4.78, 5) is 29.2. The van der Waals surface area contributed by atoms with Crippen molar-refractivity contribution in [1.29, 1.82) is 0 Å². The number of amides is 1. The highest BCUT2D eigenvalue weighted by molar-refractivity contribution is 6.24. The summed E-state index contributed by atoms with van der Waals surface area (Å²) in [5.74, 6) is 1.62. The number of piperidine rings is 1. The van der Waals surface area contributed by atoms with Crippen LogP contribution in [0.5, 0.6) is 5.75 Å². The summed E-state index contributed by atoms with van der Waals surface area (Å²) in [6, 6.07) is 5.59. The molecule has 37 heavy (non-hydrogen) atoms. The van der Waals surface area contributed by atoms with Crippen molar-refractivity contribution in [2.24, 2.45) is 16.6 Å². The largest absolute Gasteiger partial charge is 0.495 e. The maximum absolute atomic E-state index is 12.9. The van der Waals surface area contributed by atoms with Crippen molar-refractivity contribution in [3.05, 3.63) is 46.9 Å². The topological polar surface area (TPSA) is 118 Å². The number of aromatic nitrogens is 2. The third-order valence-electron chi connectivity index (χ3n) is 7.59. The molecule has 5 rings (SSSR count). The Hall–Kier alpha value is -3.46. The van der Waals surface area contributed by atoms with Crippen molar-refractivity contribution in [2.75, 3.05) is 39.6 Å². The number of methoxy groups -OCH3 is 1. The molecule has 1 aromatic heterocycles. The molecule has 2 aliphatic carbocycles. The number of nitrogens with zero attached hydrogens (tertiary/aromatic N) is 4.